The minimum Gasteiger partial charge on any atom is -0.394 e. The highest BCUT2D eigenvalue weighted by Gasteiger charge is 2.31. The van der Waals surface area contributed by atoms with E-state index in [1.165, 1.54) is 15.4 Å². The van der Waals surface area contributed by atoms with Crippen molar-refractivity contribution in [1.29, 1.82) is 0 Å². The number of aliphatic hydroxyl groups excluding tert-OH is 1. The number of fused-ring (bicyclic) bond motifs is 1. The van der Waals surface area contributed by atoms with E-state index < -0.39 is 0 Å². The quantitative estimate of drug-likeness (QED) is 0.266. The molecule has 1 aliphatic rings. The van der Waals surface area contributed by atoms with Crippen LogP contribution in [0.15, 0.2) is 46.8 Å². The van der Waals surface area contributed by atoms with Crippen LogP contribution in [0.3, 0.4) is 0 Å². The lowest BCUT2D eigenvalue weighted by molar-refractivity contribution is -0.121. The maximum absolute atomic E-state index is 13.1. The zero-order chi connectivity index (χ0) is 20.8. The molecule has 1 saturated heterocycles. The number of carbonyl (C=O) groups is 1. The number of rotatable bonds is 9. The van der Waals surface area contributed by atoms with Gasteiger partial charge in [-0.05, 0) is 18.2 Å². The number of nitrogens with zero attached hydrogens (tertiary/aromatic N) is 3. The summed E-state index contributed by atoms with van der Waals surface area (Å²) in [5.41, 5.74) is 0.436. The topological polar surface area (TPSA) is 96.2 Å². The zero-order valence-corrected chi connectivity index (χ0v) is 17.2. The molecule has 0 bridgehead atoms. The van der Waals surface area contributed by atoms with Crippen molar-refractivity contribution in [3.63, 3.8) is 0 Å². The van der Waals surface area contributed by atoms with Crippen LogP contribution in [-0.4, -0.2) is 62.5 Å². The summed E-state index contributed by atoms with van der Waals surface area (Å²) in [6.45, 7) is 4.83. The second-order valence-corrected chi connectivity index (χ2v) is 7.63. The second-order valence-electron chi connectivity index (χ2n) is 5.95. The number of thiocarbonyl (C=S) groups is 1. The molecule has 152 valence electrons. The molecule has 0 aliphatic carbocycles. The third-order valence-electron chi connectivity index (χ3n) is 4.00. The standard InChI is InChI=1S/C19H20N4O4S2/c1-2-7-23-18(26)14(29-19(23)28)12-13-16(20-6-10-27-11-9-24)21-15-5-3-4-8-22(15)17(13)25/h2-5,8,12,20,24H,1,6-7,9-11H2. The molecule has 0 aromatic carbocycles. The molecule has 1 aliphatic heterocycles. The van der Waals surface area contributed by atoms with Crippen LogP contribution in [0.25, 0.3) is 11.7 Å². The molecular formula is C19H20N4O4S2. The van der Waals surface area contributed by atoms with Crippen molar-refractivity contribution < 1.29 is 14.6 Å². The molecule has 3 heterocycles. The average Bonchev–Trinajstić information content (AvgIpc) is 2.98. The Kier molecular flexibility index (Phi) is 7.15. The second kappa shape index (κ2) is 9.79. The molecule has 0 atom stereocenters. The number of aromatic nitrogens is 2. The zero-order valence-electron chi connectivity index (χ0n) is 15.5. The molecular weight excluding hydrogens is 412 g/mol. The van der Waals surface area contributed by atoms with Crippen LogP contribution in [0, 0.1) is 0 Å². The third-order valence-corrected chi connectivity index (χ3v) is 5.38. The summed E-state index contributed by atoms with van der Waals surface area (Å²) in [4.78, 5) is 32.0. The minimum atomic E-state index is -0.302. The summed E-state index contributed by atoms with van der Waals surface area (Å²) >= 11 is 6.40. The van der Waals surface area contributed by atoms with Crippen LogP contribution in [0.4, 0.5) is 5.82 Å². The Morgan fingerprint density at radius 2 is 2.17 bits per heavy atom. The lowest BCUT2D eigenvalue weighted by Gasteiger charge is -2.12. The largest absolute Gasteiger partial charge is 0.394 e. The normalized spacial score (nSPS) is 15.5. The SMILES string of the molecule is C=CCN1C(=O)C(=Cc2c(NCCOCCO)nc3ccccn3c2=O)SC1=S. The van der Waals surface area contributed by atoms with E-state index in [9.17, 15) is 9.59 Å². The van der Waals surface area contributed by atoms with E-state index in [1.807, 2.05) is 0 Å². The Hall–Kier alpha value is -2.53. The molecule has 0 saturated carbocycles. The lowest BCUT2D eigenvalue weighted by atomic mass is 10.2. The molecule has 0 unspecified atom stereocenters. The molecule has 3 rings (SSSR count). The van der Waals surface area contributed by atoms with Crippen LogP contribution in [0.1, 0.15) is 5.56 Å². The maximum atomic E-state index is 13.1. The summed E-state index contributed by atoms with van der Waals surface area (Å²) in [7, 11) is 0. The summed E-state index contributed by atoms with van der Waals surface area (Å²) in [5, 5.41) is 11.9. The van der Waals surface area contributed by atoms with E-state index in [-0.39, 0.29) is 30.2 Å². The fourth-order valence-corrected chi connectivity index (χ4v) is 3.95. The van der Waals surface area contributed by atoms with Gasteiger partial charge in [0.15, 0.2) is 0 Å². The number of thioether (sulfide) groups is 1. The number of hydrogen-bond acceptors (Lipinski definition) is 8. The lowest BCUT2D eigenvalue weighted by Crippen LogP contribution is -2.28. The van der Waals surface area contributed by atoms with Gasteiger partial charge in [0.1, 0.15) is 15.8 Å². The molecule has 0 radical (unpaired) electrons. The van der Waals surface area contributed by atoms with Gasteiger partial charge in [-0.3, -0.25) is 18.9 Å². The van der Waals surface area contributed by atoms with Gasteiger partial charge in [-0.25, -0.2) is 4.98 Å². The van der Waals surface area contributed by atoms with Crippen LogP contribution in [0.5, 0.6) is 0 Å². The van der Waals surface area contributed by atoms with E-state index in [1.54, 1.807) is 30.5 Å². The Bertz CT molecular complexity index is 1030. The smallest absolute Gasteiger partial charge is 0.267 e. The summed E-state index contributed by atoms with van der Waals surface area (Å²) in [5.74, 6) is 0.0810. The number of aliphatic hydroxyl groups is 1. The van der Waals surface area contributed by atoms with Crippen LogP contribution >= 0.6 is 24.0 Å². The highest BCUT2D eigenvalue weighted by molar-refractivity contribution is 8.26. The Morgan fingerprint density at radius 3 is 2.93 bits per heavy atom. The first-order chi connectivity index (χ1) is 14.1. The van der Waals surface area contributed by atoms with Gasteiger partial charge in [0.05, 0.1) is 30.3 Å². The van der Waals surface area contributed by atoms with Gasteiger partial charge in [-0.1, -0.05) is 36.1 Å². The molecule has 10 heteroatoms. The average molecular weight is 433 g/mol. The molecule has 2 aromatic heterocycles. The van der Waals surface area contributed by atoms with Gasteiger partial charge in [-0.15, -0.1) is 6.58 Å². The third kappa shape index (κ3) is 4.73. The van der Waals surface area contributed by atoms with Gasteiger partial charge in [0.25, 0.3) is 11.5 Å². The van der Waals surface area contributed by atoms with E-state index in [0.717, 1.165) is 11.8 Å². The van der Waals surface area contributed by atoms with Crippen molar-refractivity contribution in [3.05, 3.63) is 57.9 Å². The van der Waals surface area contributed by atoms with Gasteiger partial charge >= 0.3 is 0 Å². The monoisotopic (exact) mass is 432 g/mol. The van der Waals surface area contributed by atoms with Crippen molar-refractivity contribution in [3.8, 4) is 0 Å². The summed E-state index contributed by atoms with van der Waals surface area (Å²) in [6, 6.07) is 5.25. The number of anilines is 1. The van der Waals surface area contributed by atoms with E-state index in [4.69, 9.17) is 22.1 Å². The fraction of sp³-hybridized carbons (Fsp3) is 0.263. The minimum absolute atomic E-state index is 0.0621. The van der Waals surface area contributed by atoms with E-state index in [2.05, 4.69) is 16.9 Å². The molecule has 8 nitrogen and oxygen atoms in total. The first-order valence-electron chi connectivity index (χ1n) is 8.87. The van der Waals surface area contributed by atoms with Crippen LogP contribution in [0.2, 0.25) is 0 Å². The highest BCUT2D eigenvalue weighted by Crippen LogP contribution is 2.32. The Labute approximate surface area is 176 Å². The molecule has 29 heavy (non-hydrogen) atoms. The molecule has 1 fully saturated rings. The number of carbonyl (C=O) groups excluding carboxylic acids is 1. The van der Waals surface area contributed by atoms with Crippen molar-refractivity contribution in [2.24, 2.45) is 0 Å². The fourth-order valence-electron chi connectivity index (χ4n) is 2.69. The first kappa shape index (κ1) is 21.2. The Morgan fingerprint density at radius 1 is 1.34 bits per heavy atom. The van der Waals surface area contributed by atoms with E-state index >= 15 is 0 Å². The van der Waals surface area contributed by atoms with Crippen molar-refractivity contribution in [2.45, 2.75) is 0 Å². The Balaban J connectivity index is 1.98. The van der Waals surface area contributed by atoms with E-state index in [0.29, 0.717) is 40.4 Å². The van der Waals surface area contributed by atoms with Crippen molar-refractivity contribution in [1.82, 2.24) is 14.3 Å². The van der Waals surface area contributed by atoms with Gasteiger partial charge in [0, 0.05) is 19.3 Å². The number of amides is 1. The number of ether oxygens (including phenoxy) is 1. The molecule has 0 spiro atoms. The number of nitrogens with one attached hydrogen (secondary N) is 1. The van der Waals surface area contributed by atoms with Crippen molar-refractivity contribution >= 4 is 51.7 Å². The summed E-state index contributed by atoms with van der Waals surface area (Å²) in [6.07, 6.45) is 4.74. The van der Waals surface area contributed by atoms with Crippen LogP contribution in [-0.2, 0) is 9.53 Å². The van der Waals surface area contributed by atoms with Crippen molar-refractivity contribution in [2.75, 3.05) is 38.2 Å². The van der Waals surface area contributed by atoms with Gasteiger partial charge in [0.2, 0.25) is 0 Å². The highest BCUT2D eigenvalue weighted by atomic mass is 32.2. The first-order valence-corrected chi connectivity index (χ1v) is 10.1. The summed E-state index contributed by atoms with van der Waals surface area (Å²) < 4.78 is 7.08. The predicted molar refractivity (Wildman–Crippen MR) is 118 cm³/mol. The number of hydrogen-bond donors (Lipinski definition) is 2. The van der Waals surface area contributed by atoms with Crippen LogP contribution < -0.4 is 10.9 Å². The predicted octanol–water partition coefficient (Wildman–Crippen LogP) is 1.50. The molecule has 1 amide bonds. The van der Waals surface area contributed by atoms with Gasteiger partial charge < -0.3 is 15.2 Å². The van der Waals surface area contributed by atoms with Gasteiger partial charge in [-0.2, -0.15) is 0 Å². The molecule has 2 aromatic rings. The number of pyridine rings is 1. The maximum Gasteiger partial charge on any atom is 0.267 e. The molecule has 2 N–H and O–H groups in total.